The molecule has 2 aromatic heterocycles. The van der Waals surface area contributed by atoms with E-state index in [1.54, 1.807) is 0 Å². The number of hydrogen-bond acceptors (Lipinski definition) is 6. The Bertz CT molecular complexity index is 839. The summed E-state index contributed by atoms with van der Waals surface area (Å²) in [7, 11) is -4.46. The van der Waals surface area contributed by atoms with Crippen LogP contribution in [0.25, 0.3) is 11.5 Å². The lowest BCUT2D eigenvalue weighted by molar-refractivity contribution is 0.377. The van der Waals surface area contributed by atoms with Gasteiger partial charge in [-0.25, -0.2) is 0 Å². The number of nitrogen functional groups attached to an aromatic ring is 1. The maximum Gasteiger partial charge on any atom is 0.391 e. The van der Waals surface area contributed by atoms with Gasteiger partial charge in [-0.2, -0.15) is 4.98 Å². The highest BCUT2D eigenvalue weighted by Gasteiger charge is 2.25. The number of benzene rings is 1. The van der Waals surface area contributed by atoms with Crippen LogP contribution in [0.2, 0.25) is 0 Å². The van der Waals surface area contributed by atoms with Gasteiger partial charge in [0.25, 0.3) is 6.01 Å². The van der Waals surface area contributed by atoms with Crippen molar-refractivity contribution in [2.75, 3.05) is 5.73 Å². The molecular weight excluding hydrogens is 327 g/mol. The second-order valence-corrected chi connectivity index (χ2v) is 6.86. The second-order valence-electron chi connectivity index (χ2n) is 4.29. The number of nitrogens with two attached hydrogens (primary N) is 1. The lowest BCUT2D eigenvalue weighted by Gasteiger charge is -2.00. The molecule has 2 heterocycles. The van der Waals surface area contributed by atoms with Crippen LogP contribution >= 0.6 is 19.4 Å². The molecule has 3 aromatic rings. The van der Waals surface area contributed by atoms with Gasteiger partial charge in [-0.3, -0.25) is 4.57 Å². The van der Waals surface area contributed by atoms with Crippen LogP contribution in [0.3, 0.4) is 0 Å². The SMILES string of the molecule is Nc1nc(-c2ccc(P(=O)(O)O)o2)c(Sc2ccccc2)o1. The van der Waals surface area contributed by atoms with Gasteiger partial charge in [-0.05, 0) is 36.0 Å². The summed E-state index contributed by atoms with van der Waals surface area (Å²) < 4.78 is 21.7. The van der Waals surface area contributed by atoms with Crippen LogP contribution in [-0.4, -0.2) is 14.8 Å². The summed E-state index contributed by atoms with van der Waals surface area (Å²) in [6.07, 6.45) is 0. The second kappa shape index (κ2) is 5.66. The van der Waals surface area contributed by atoms with Gasteiger partial charge in [0.2, 0.25) is 5.50 Å². The van der Waals surface area contributed by atoms with Gasteiger partial charge >= 0.3 is 7.60 Å². The van der Waals surface area contributed by atoms with E-state index in [2.05, 4.69) is 4.98 Å². The van der Waals surface area contributed by atoms with Crippen molar-refractivity contribution in [3.63, 3.8) is 0 Å². The van der Waals surface area contributed by atoms with Gasteiger partial charge in [-0.15, -0.1) is 0 Å². The zero-order valence-corrected chi connectivity index (χ0v) is 12.8. The number of nitrogens with zero attached hydrogens (tertiary/aromatic N) is 1. The molecule has 0 radical (unpaired) electrons. The zero-order valence-electron chi connectivity index (χ0n) is 11.0. The zero-order chi connectivity index (χ0) is 15.7. The summed E-state index contributed by atoms with van der Waals surface area (Å²) in [5, 5.41) is 0.385. The molecule has 114 valence electrons. The van der Waals surface area contributed by atoms with Crippen molar-refractivity contribution in [3.8, 4) is 11.5 Å². The molecule has 0 saturated carbocycles. The molecule has 22 heavy (non-hydrogen) atoms. The smallest absolute Gasteiger partial charge is 0.391 e. The van der Waals surface area contributed by atoms with E-state index >= 15 is 0 Å². The van der Waals surface area contributed by atoms with E-state index in [-0.39, 0.29) is 11.8 Å². The Morgan fingerprint density at radius 3 is 2.45 bits per heavy atom. The van der Waals surface area contributed by atoms with Crippen molar-refractivity contribution in [2.45, 2.75) is 9.99 Å². The molecule has 7 nitrogen and oxygen atoms in total. The monoisotopic (exact) mass is 338 g/mol. The summed E-state index contributed by atoms with van der Waals surface area (Å²) in [6.45, 7) is 0. The molecule has 0 bridgehead atoms. The molecule has 4 N–H and O–H groups in total. The Kier molecular flexibility index (Phi) is 3.84. The van der Waals surface area contributed by atoms with Gasteiger partial charge < -0.3 is 24.4 Å². The van der Waals surface area contributed by atoms with Gasteiger partial charge in [0, 0.05) is 4.90 Å². The number of furan rings is 1. The molecule has 0 spiro atoms. The van der Waals surface area contributed by atoms with E-state index in [9.17, 15) is 4.57 Å². The molecule has 0 aliphatic heterocycles. The van der Waals surface area contributed by atoms with Crippen LogP contribution in [-0.2, 0) is 4.57 Å². The summed E-state index contributed by atoms with van der Waals surface area (Å²) in [6, 6.07) is 12.0. The van der Waals surface area contributed by atoms with Crippen LogP contribution < -0.4 is 11.2 Å². The lowest BCUT2D eigenvalue weighted by Crippen LogP contribution is -1.98. The van der Waals surface area contributed by atoms with E-state index in [0.717, 1.165) is 4.90 Å². The fourth-order valence-corrected chi connectivity index (χ4v) is 3.12. The third kappa shape index (κ3) is 3.10. The van der Waals surface area contributed by atoms with E-state index in [1.807, 2.05) is 30.3 Å². The quantitative estimate of drug-likeness (QED) is 0.620. The average molecular weight is 338 g/mol. The maximum atomic E-state index is 11.2. The fraction of sp³-hybridized carbons (Fsp3) is 0. The number of aromatic nitrogens is 1. The number of hydrogen-bond donors (Lipinski definition) is 3. The van der Waals surface area contributed by atoms with Gasteiger partial charge in [0.1, 0.15) is 0 Å². The van der Waals surface area contributed by atoms with Crippen LogP contribution in [0.5, 0.6) is 0 Å². The van der Waals surface area contributed by atoms with E-state index in [1.165, 1.54) is 23.9 Å². The van der Waals surface area contributed by atoms with E-state index < -0.39 is 13.1 Å². The molecular formula is C13H11N2O5PS. The summed E-state index contributed by atoms with van der Waals surface area (Å²) in [5.41, 5.74) is 5.44. The van der Waals surface area contributed by atoms with Gasteiger partial charge in [0.05, 0.1) is 0 Å². The van der Waals surface area contributed by atoms with Crippen molar-refractivity contribution >= 4 is 30.9 Å². The maximum absolute atomic E-state index is 11.2. The van der Waals surface area contributed by atoms with Crippen LogP contribution in [0.15, 0.2) is 61.3 Å². The fourth-order valence-electron chi connectivity index (χ4n) is 1.75. The lowest BCUT2D eigenvalue weighted by atomic mass is 10.4. The van der Waals surface area contributed by atoms with Crippen molar-refractivity contribution in [1.29, 1.82) is 0 Å². The summed E-state index contributed by atoms with van der Waals surface area (Å²) in [4.78, 5) is 23.1. The Labute approximate surface area is 129 Å². The van der Waals surface area contributed by atoms with Gasteiger partial charge in [0.15, 0.2) is 16.5 Å². The first-order chi connectivity index (χ1) is 10.4. The minimum atomic E-state index is -4.46. The highest BCUT2D eigenvalue weighted by molar-refractivity contribution is 7.99. The third-order valence-corrected chi connectivity index (χ3v) is 4.46. The van der Waals surface area contributed by atoms with Crippen molar-refractivity contribution in [3.05, 3.63) is 42.5 Å². The number of rotatable bonds is 4. The predicted molar refractivity (Wildman–Crippen MR) is 80.9 cm³/mol. The van der Waals surface area contributed by atoms with Crippen molar-refractivity contribution in [2.24, 2.45) is 0 Å². The molecule has 0 atom stereocenters. The highest BCUT2D eigenvalue weighted by Crippen LogP contribution is 2.40. The Morgan fingerprint density at radius 2 is 1.82 bits per heavy atom. The summed E-state index contributed by atoms with van der Waals surface area (Å²) >= 11 is 1.28. The molecule has 0 saturated heterocycles. The standard InChI is InChI=1S/C13H11N2O5PS/c14-13-15-11(9-6-7-10(19-9)21(16,17)18)12(20-13)22-8-4-2-1-3-5-8/h1-7H,(H2,14,15)(H2,16,17,18). The minimum absolute atomic E-state index is 0.0532. The molecule has 0 fully saturated rings. The van der Waals surface area contributed by atoms with Crippen molar-refractivity contribution in [1.82, 2.24) is 4.98 Å². The first kappa shape index (κ1) is 14.9. The average Bonchev–Trinajstić information content (AvgIpc) is 3.06. The normalized spacial score (nSPS) is 11.7. The number of oxazole rings is 1. The Hall–Kier alpha value is -1.99. The van der Waals surface area contributed by atoms with Crippen LogP contribution in [0.1, 0.15) is 0 Å². The first-order valence-electron chi connectivity index (χ1n) is 6.09. The van der Waals surface area contributed by atoms with Gasteiger partial charge in [-0.1, -0.05) is 18.2 Å². The van der Waals surface area contributed by atoms with E-state index in [0.29, 0.717) is 10.8 Å². The third-order valence-electron chi connectivity index (χ3n) is 2.68. The molecule has 0 aliphatic rings. The molecule has 0 aliphatic carbocycles. The highest BCUT2D eigenvalue weighted by atomic mass is 32.2. The summed E-state index contributed by atoms with van der Waals surface area (Å²) in [5.74, 6) is 0.178. The predicted octanol–water partition coefficient (Wildman–Crippen LogP) is 2.47. The van der Waals surface area contributed by atoms with Crippen molar-refractivity contribution < 1.29 is 23.2 Å². The molecule has 3 rings (SSSR count). The topological polar surface area (TPSA) is 123 Å². The van der Waals surface area contributed by atoms with Crippen LogP contribution in [0, 0.1) is 0 Å². The number of anilines is 1. The molecule has 0 unspecified atom stereocenters. The minimum Gasteiger partial charge on any atom is -0.446 e. The molecule has 9 heteroatoms. The largest absolute Gasteiger partial charge is 0.446 e. The van der Waals surface area contributed by atoms with E-state index in [4.69, 9.17) is 24.4 Å². The van der Waals surface area contributed by atoms with Crippen LogP contribution in [0.4, 0.5) is 6.01 Å². The molecule has 0 amide bonds. The Morgan fingerprint density at radius 1 is 1.09 bits per heavy atom. The molecule has 1 aromatic carbocycles. The Balaban J connectivity index is 1.98. The first-order valence-corrected chi connectivity index (χ1v) is 8.52.